The Morgan fingerprint density at radius 2 is 1.88 bits per heavy atom. The Balaban J connectivity index is 1.83. The van der Waals surface area contributed by atoms with Crippen molar-refractivity contribution in [3.8, 4) is 0 Å². The van der Waals surface area contributed by atoms with Crippen LogP contribution in [0.5, 0.6) is 0 Å². The summed E-state index contributed by atoms with van der Waals surface area (Å²) in [7, 11) is 0. The molecule has 2 nitrogen and oxygen atoms in total. The zero-order valence-electron chi connectivity index (χ0n) is 10.8. The molecule has 1 aliphatic heterocycles. The summed E-state index contributed by atoms with van der Waals surface area (Å²) < 4.78 is 0. The van der Waals surface area contributed by atoms with Crippen molar-refractivity contribution in [1.82, 2.24) is 4.90 Å². The highest BCUT2D eigenvalue weighted by molar-refractivity contribution is 5.15. The first kappa shape index (κ1) is 12.6. The molecule has 0 saturated carbocycles. The average molecular weight is 232 g/mol. The van der Waals surface area contributed by atoms with Gasteiger partial charge in [-0.05, 0) is 57.3 Å². The van der Waals surface area contributed by atoms with Crippen LogP contribution < -0.4 is 5.73 Å². The van der Waals surface area contributed by atoms with E-state index in [0.717, 1.165) is 18.9 Å². The molecule has 0 aromatic heterocycles. The lowest BCUT2D eigenvalue weighted by molar-refractivity contribution is 0.143. The minimum absolute atomic E-state index is 0.649. The summed E-state index contributed by atoms with van der Waals surface area (Å²) in [6.45, 7) is 5.64. The molecule has 0 bridgehead atoms. The van der Waals surface area contributed by atoms with E-state index in [1.807, 2.05) is 0 Å². The SMILES string of the molecule is C[C@H](Cc1ccccc1)N1CCC(CN)CC1. The molecule has 1 saturated heterocycles. The molecule has 94 valence electrons. The van der Waals surface area contributed by atoms with Gasteiger partial charge in [-0.15, -0.1) is 0 Å². The third-order valence-corrected chi connectivity index (χ3v) is 3.98. The number of nitrogens with zero attached hydrogens (tertiary/aromatic N) is 1. The molecule has 2 heteroatoms. The van der Waals surface area contributed by atoms with Crippen molar-refractivity contribution >= 4 is 0 Å². The second-order valence-electron chi connectivity index (χ2n) is 5.25. The minimum atomic E-state index is 0.649. The standard InChI is InChI=1S/C15H24N2/c1-13(11-14-5-3-2-4-6-14)17-9-7-15(12-16)8-10-17/h2-6,13,15H,7-12,16H2,1H3/t13-/m1/s1. The zero-order chi connectivity index (χ0) is 12.1. The summed E-state index contributed by atoms with van der Waals surface area (Å²) in [5, 5.41) is 0. The van der Waals surface area contributed by atoms with Crippen LogP contribution in [-0.2, 0) is 6.42 Å². The lowest BCUT2D eigenvalue weighted by Crippen LogP contribution is -2.42. The summed E-state index contributed by atoms with van der Waals surface area (Å²) in [5.41, 5.74) is 7.18. The molecule has 1 heterocycles. The van der Waals surface area contributed by atoms with E-state index in [-0.39, 0.29) is 0 Å². The first-order valence-corrected chi connectivity index (χ1v) is 6.77. The second-order valence-corrected chi connectivity index (χ2v) is 5.25. The maximum atomic E-state index is 5.73. The van der Waals surface area contributed by atoms with Crippen LogP contribution in [0.2, 0.25) is 0 Å². The Morgan fingerprint density at radius 3 is 2.47 bits per heavy atom. The van der Waals surface area contributed by atoms with E-state index in [0.29, 0.717) is 6.04 Å². The van der Waals surface area contributed by atoms with Crippen LogP contribution in [0.15, 0.2) is 30.3 Å². The number of benzene rings is 1. The van der Waals surface area contributed by atoms with Crippen molar-refractivity contribution < 1.29 is 0 Å². The maximum Gasteiger partial charge on any atom is 0.0107 e. The average Bonchev–Trinajstić information content (AvgIpc) is 2.40. The van der Waals surface area contributed by atoms with Gasteiger partial charge in [0.15, 0.2) is 0 Å². The Hall–Kier alpha value is -0.860. The van der Waals surface area contributed by atoms with Crippen molar-refractivity contribution in [2.45, 2.75) is 32.2 Å². The van der Waals surface area contributed by atoms with Crippen molar-refractivity contribution in [2.24, 2.45) is 11.7 Å². The van der Waals surface area contributed by atoms with Gasteiger partial charge in [0, 0.05) is 6.04 Å². The van der Waals surface area contributed by atoms with E-state index in [4.69, 9.17) is 5.73 Å². The highest BCUT2D eigenvalue weighted by Gasteiger charge is 2.21. The smallest absolute Gasteiger partial charge is 0.0107 e. The Morgan fingerprint density at radius 1 is 1.24 bits per heavy atom. The van der Waals surface area contributed by atoms with Gasteiger partial charge in [0.05, 0.1) is 0 Å². The molecular weight excluding hydrogens is 208 g/mol. The first-order valence-electron chi connectivity index (χ1n) is 6.77. The lowest BCUT2D eigenvalue weighted by Gasteiger charge is -2.35. The van der Waals surface area contributed by atoms with Gasteiger partial charge in [-0.3, -0.25) is 0 Å². The fraction of sp³-hybridized carbons (Fsp3) is 0.600. The normalized spacial score (nSPS) is 20.4. The number of nitrogens with two attached hydrogens (primary N) is 1. The molecule has 1 atom stereocenters. The zero-order valence-corrected chi connectivity index (χ0v) is 10.8. The van der Waals surface area contributed by atoms with Gasteiger partial charge in [-0.1, -0.05) is 30.3 Å². The molecule has 0 radical (unpaired) electrons. The number of hydrogen-bond acceptors (Lipinski definition) is 2. The Labute approximate surface area is 105 Å². The van der Waals surface area contributed by atoms with Crippen LogP contribution in [-0.4, -0.2) is 30.6 Å². The quantitative estimate of drug-likeness (QED) is 0.863. The third-order valence-electron chi connectivity index (χ3n) is 3.98. The molecule has 1 aliphatic rings. The predicted octanol–water partition coefficient (Wildman–Crippen LogP) is 2.29. The highest BCUT2D eigenvalue weighted by atomic mass is 15.2. The van der Waals surface area contributed by atoms with E-state index >= 15 is 0 Å². The van der Waals surface area contributed by atoms with Gasteiger partial charge in [0.2, 0.25) is 0 Å². The second kappa shape index (κ2) is 6.18. The van der Waals surface area contributed by atoms with Gasteiger partial charge in [0.1, 0.15) is 0 Å². The fourth-order valence-corrected chi connectivity index (χ4v) is 2.71. The summed E-state index contributed by atoms with van der Waals surface area (Å²) in [6, 6.07) is 11.4. The van der Waals surface area contributed by atoms with Crippen LogP contribution in [0.3, 0.4) is 0 Å². The molecule has 0 unspecified atom stereocenters. The lowest BCUT2D eigenvalue weighted by atomic mass is 9.95. The maximum absolute atomic E-state index is 5.73. The topological polar surface area (TPSA) is 29.3 Å². The first-order chi connectivity index (χ1) is 8.29. The molecule has 0 aliphatic carbocycles. The number of hydrogen-bond donors (Lipinski definition) is 1. The van der Waals surface area contributed by atoms with E-state index in [1.165, 1.54) is 31.5 Å². The Kier molecular flexibility index (Phi) is 4.57. The molecule has 2 rings (SSSR count). The number of piperidine rings is 1. The molecule has 1 aromatic carbocycles. The van der Waals surface area contributed by atoms with Gasteiger partial charge in [-0.2, -0.15) is 0 Å². The Bertz CT molecular complexity index is 315. The fourth-order valence-electron chi connectivity index (χ4n) is 2.71. The monoisotopic (exact) mass is 232 g/mol. The number of rotatable bonds is 4. The summed E-state index contributed by atoms with van der Waals surface area (Å²) >= 11 is 0. The van der Waals surface area contributed by atoms with E-state index in [9.17, 15) is 0 Å². The molecule has 1 fully saturated rings. The van der Waals surface area contributed by atoms with Crippen molar-refractivity contribution in [3.05, 3.63) is 35.9 Å². The van der Waals surface area contributed by atoms with E-state index < -0.39 is 0 Å². The van der Waals surface area contributed by atoms with Crippen LogP contribution >= 0.6 is 0 Å². The highest BCUT2D eigenvalue weighted by Crippen LogP contribution is 2.19. The van der Waals surface area contributed by atoms with E-state index in [2.05, 4.69) is 42.2 Å². The molecule has 0 amide bonds. The van der Waals surface area contributed by atoms with Gasteiger partial charge < -0.3 is 10.6 Å². The molecular formula is C15H24N2. The number of likely N-dealkylation sites (tertiary alicyclic amines) is 1. The molecule has 2 N–H and O–H groups in total. The van der Waals surface area contributed by atoms with Crippen LogP contribution in [0.25, 0.3) is 0 Å². The minimum Gasteiger partial charge on any atom is -0.330 e. The molecule has 0 spiro atoms. The molecule has 1 aromatic rings. The summed E-state index contributed by atoms with van der Waals surface area (Å²) in [6.07, 6.45) is 3.71. The predicted molar refractivity (Wildman–Crippen MR) is 73.0 cm³/mol. The van der Waals surface area contributed by atoms with E-state index in [1.54, 1.807) is 0 Å². The van der Waals surface area contributed by atoms with Gasteiger partial charge in [-0.25, -0.2) is 0 Å². The van der Waals surface area contributed by atoms with Crippen molar-refractivity contribution in [1.29, 1.82) is 0 Å². The van der Waals surface area contributed by atoms with Crippen molar-refractivity contribution in [3.63, 3.8) is 0 Å². The summed E-state index contributed by atoms with van der Waals surface area (Å²) in [5.74, 6) is 0.759. The van der Waals surface area contributed by atoms with Crippen molar-refractivity contribution in [2.75, 3.05) is 19.6 Å². The third kappa shape index (κ3) is 3.55. The molecule has 17 heavy (non-hydrogen) atoms. The van der Waals surface area contributed by atoms with Gasteiger partial charge in [0.25, 0.3) is 0 Å². The van der Waals surface area contributed by atoms with Crippen LogP contribution in [0.1, 0.15) is 25.3 Å². The van der Waals surface area contributed by atoms with Crippen LogP contribution in [0.4, 0.5) is 0 Å². The largest absolute Gasteiger partial charge is 0.330 e. The summed E-state index contributed by atoms with van der Waals surface area (Å²) in [4.78, 5) is 2.61. The van der Waals surface area contributed by atoms with Crippen LogP contribution in [0, 0.1) is 5.92 Å². The van der Waals surface area contributed by atoms with Gasteiger partial charge >= 0.3 is 0 Å².